The number of halogens is 1. The van der Waals surface area contributed by atoms with Gasteiger partial charge in [-0.15, -0.1) is 0 Å². The number of fused-ring (bicyclic) bond motifs is 2. The smallest absolute Gasteiger partial charge is 0.211 e. The van der Waals surface area contributed by atoms with Crippen LogP contribution in [0.3, 0.4) is 0 Å². The van der Waals surface area contributed by atoms with Crippen LogP contribution in [0.4, 0.5) is 0 Å². The number of piperidine rings is 1. The van der Waals surface area contributed by atoms with E-state index in [1.54, 1.807) is 4.31 Å². The van der Waals surface area contributed by atoms with Crippen LogP contribution in [-0.2, 0) is 10.0 Å². The first-order valence-corrected chi connectivity index (χ1v) is 15.7. The number of benzene rings is 1. The van der Waals surface area contributed by atoms with E-state index in [0.717, 1.165) is 35.2 Å². The maximum atomic E-state index is 12.0. The number of hydrogen-bond acceptors (Lipinski definition) is 3. The molecule has 4 rings (SSSR count). The third-order valence-corrected chi connectivity index (χ3v) is 8.29. The Kier molecular flexibility index (Phi) is 6.48. The van der Waals surface area contributed by atoms with Gasteiger partial charge in [0.1, 0.15) is 0 Å². The molecular formula is C25H29ClN2O2S2. The quantitative estimate of drug-likeness (QED) is 0.556. The predicted octanol–water partition coefficient (Wildman–Crippen LogP) is 5.05. The van der Waals surface area contributed by atoms with E-state index in [1.807, 2.05) is 24.4 Å². The van der Waals surface area contributed by atoms with E-state index in [0.29, 0.717) is 18.1 Å². The van der Waals surface area contributed by atoms with Gasteiger partial charge in [-0.1, -0.05) is 29.7 Å². The highest BCUT2D eigenvalue weighted by Crippen LogP contribution is 2.45. The maximum absolute atomic E-state index is 12.0. The Morgan fingerprint density at radius 1 is 1.09 bits per heavy atom. The van der Waals surface area contributed by atoms with E-state index in [1.165, 1.54) is 11.8 Å². The third kappa shape index (κ3) is 5.07. The second-order valence-electron chi connectivity index (χ2n) is 9.31. The monoisotopic (exact) mass is 488 g/mol. The molecule has 1 aliphatic carbocycles. The first-order chi connectivity index (χ1) is 15.0. The summed E-state index contributed by atoms with van der Waals surface area (Å²) in [7, 11) is -4.16. The van der Waals surface area contributed by atoms with Crippen molar-refractivity contribution in [2.45, 2.75) is 18.8 Å². The Bertz CT molecular complexity index is 1230. The molecule has 1 aliphatic heterocycles. The topological polar surface area (TPSA) is 50.3 Å². The van der Waals surface area contributed by atoms with Crippen molar-refractivity contribution >= 4 is 43.3 Å². The van der Waals surface area contributed by atoms with Gasteiger partial charge in [-0.3, -0.25) is 4.98 Å². The van der Waals surface area contributed by atoms with Crippen LogP contribution in [0.15, 0.2) is 36.5 Å². The van der Waals surface area contributed by atoms with Crippen molar-refractivity contribution in [1.29, 1.82) is 0 Å². The summed E-state index contributed by atoms with van der Waals surface area (Å²) in [5, 5.41) is 4.15. The summed E-state index contributed by atoms with van der Waals surface area (Å²) < 4.78 is 25.7. The summed E-state index contributed by atoms with van der Waals surface area (Å²) in [5.74, 6) is 3.80. The molecule has 2 heterocycles. The van der Waals surface area contributed by atoms with Gasteiger partial charge >= 0.3 is 0 Å². The largest absolute Gasteiger partial charge is 0.260 e. The Hall–Kier alpha value is -1.78. The zero-order valence-electron chi connectivity index (χ0n) is 18.9. The van der Waals surface area contributed by atoms with Gasteiger partial charge in [0.25, 0.3) is 0 Å². The van der Waals surface area contributed by atoms with Crippen molar-refractivity contribution in [3.05, 3.63) is 63.9 Å². The first kappa shape index (κ1) is 23.4. The zero-order chi connectivity index (χ0) is 23.1. The molecule has 1 aromatic heterocycles. The first-order valence-electron chi connectivity index (χ1n) is 10.7. The fourth-order valence-corrected chi connectivity index (χ4v) is 6.03. The number of rotatable bonds is 2. The number of aromatic nitrogens is 1. The Morgan fingerprint density at radius 2 is 1.81 bits per heavy atom. The Balaban J connectivity index is 1.84. The lowest BCUT2D eigenvalue weighted by atomic mass is 9.76. The van der Waals surface area contributed by atoms with Crippen LogP contribution < -0.4 is 0 Å². The van der Waals surface area contributed by atoms with Crippen LogP contribution in [0.5, 0.6) is 0 Å². The molecule has 1 atom stereocenters. The van der Waals surface area contributed by atoms with Gasteiger partial charge in [-0.2, -0.15) is 10.0 Å². The van der Waals surface area contributed by atoms with Crippen LogP contribution in [0.1, 0.15) is 41.1 Å². The number of sulfonamides is 1. The van der Waals surface area contributed by atoms with E-state index < -0.39 is 20.1 Å². The highest BCUT2D eigenvalue weighted by Gasteiger charge is 2.35. The molecule has 0 amide bonds. The molecule has 1 saturated heterocycles. The van der Waals surface area contributed by atoms with Crippen LogP contribution in [0, 0.1) is 17.1 Å². The van der Waals surface area contributed by atoms with Gasteiger partial charge in [0.15, 0.2) is 0 Å². The lowest BCUT2D eigenvalue weighted by Gasteiger charge is -2.35. The average Bonchev–Trinajstić information content (AvgIpc) is 2.85. The Labute approximate surface area is 198 Å². The van der Waals surface area contributed by atoms with E-state index in [4.69, 9.17) is 16.6 Å². The van der Waals surface area contributed by atoms with Crippen LogP contribution in [-0.4, -0.2) is 55.8 Å². The minimum Gasteiger partial charge on any atom is -0.260 e. The summed E-state index contributed by atoms with van der Waals surface area (Å²) in [6.07, 6.45) is 13.4. The molecule has 0 saturated carbocycles. The molecule has 0 spiro atoms. The fourth-order valence-electron chi connectivity index (χ4n) is 4.56. The van der Waals surface area contributed by atoms with Gasteiger partial charge < -0.3 is 0 Å². The summed E-state index contributed by atoms with van der Waals surface area (Å²) in [6, 6.07) is 10.1. The average molecular weight is 489 g/mol. The second kappa shape index (κ2) is 8.87. The molecular weight excluding hydrogens is 460 g/mol. The Morgan fingerprint density at radius 3 is 2.47 bits per heavy atom. The summed E-state index contributed by atoms with van der Waals surface area (Å²) >= 11 is 6.39. The third-order valence-electron chi connectivity index (χ3n) is 6.04. The van der Waals surface area contributed by atoms with Crippen molar-refractivity contribution in [1.82, 2.24) is 9.29 Å². The summed E-state index contributed by atoms with van der Waals surface area (Å²) in [4.78, 5) is 4.85. The van der Waals surface area contributed by atoms with Gasteiger partial charge in [0.2, 0.25) is 10.0 Å². The van der Waals surface area contributed by atoms with Crippen LogP contribution in [0.25, 0.3) is 11.6 Å². The number of allylic oxidation sites excluding steroid dienone is 1. The predicted molar refractivity (Wildman–Crippen MR) is 138 cm³/mol. The number of pyridine rings is 1. The molecule has 0 N–H and O–H groups in total. The molecule has 1 aromatic carbocycles. The molecule has 0 radical (unpaired) electrons. The lowest BCUT2D eigenvalue weighted by molar-refractivity contribution is 0.256. The number of hydrogen-bond donors (Lipinski definition) is 0. The van der Waals surface area contributed by atoms with E-state index >= 15 is 0 Å². The normalized spacial score (nSPS) is 20.3. The molecule has 2 aromatic rings. The van der Waals surface area contributed by atoms with E-state index in [9.17, 15) is 8.42 Å². The fraction of sp³-hybridized carbons (Fsp3) is 0.400. The van der Waals surface area contributed by atoms with Crippen molar-refractivity contribution < 1.29 is 8.42 Å². The molecule has 1 fully saturated rings. The standard InChI is InChI=1S/C25H29ClN2O2S2/c1-31(2,3)15-11-19-16-20-17-21(26)7-8-22(20)24(25-23(19)6-5-12-27-25)18-9-13-28(14-10-18)32(4,29)30/h5-8,12,16-18,24H,9-10,13-14H2,1-4H3. The molecule has 0 bridgehead atoms. The molecule has 170 valence electrons. The molecule has 32 heavy (non-hydrogen) atoms. The molecule has 7 heteroatoms. The van der Waals surface area contributed by atoms with Gasteiger partial charge in [0, 0.05) is 41.4 Å². The number of nitrogens with zero attached hydrogens (tertiary/aromatic N) is 2. The van der Waals surface area contributed by atoms with Crippen molar-refractivity contribution in [2.24, 2.45) is 5.92 Å². The van der Waals surface area contributed by atoms with E-state index in [-0.39, 0.29) is 11.8 Å². The highest BCUT2D eigenvalue weighted by molar-refractivity contribution is 8.36. The maximum Gasteiger partial charge on any atom is 0.211 e. The van der Waals surface area contributed by atoms with Gasteiger partial charge in [0.05, 0.1) is 11.9 Å². The van der Waals surface area contributed by atoms with Gasteiger partial charge in [-0.25, -0.2) is 12.7 Å². The highest BCUT2D eigenvalue weighted by atomic mass is 35.5. The van der Waals surface area contributed by atoms with Crippen LogP contribution >= 0.6 is 21.6 Å². The summed E-state index contributed by atoms with van der Waals surface area (Å²) in [6.45, 7) is 1.08. The van der Waals surface area contributed by atoms with Gasteiger partial charge in [-0.05, 0) is 78.2 Å². The van der Waals surface area contributed by atoms with Crippen molar-refractivity contribution in [3.63, 3.8) is 0 Å². The van der Waals surface area contributed by atoms with Crippen molar-refractivity contribution in [3.8, 4) is 11.2 Å². The van der Waals surface area contributed by atoms with Crippen molar-refractivity contribution in [2.75, 3.05) is 38.1 Å². The minimum atomic E-state index is -3.17. The second-order valence-corrected chi connectivity index (χ2v) is 15.6. The lowest BCUT2D eigenvalue weighted by Crippen LogP contribution is -2.39. The molecule has 4 nitrogen and oxygen atoms in total. The minimum absolute atomic E-state index is 0.0673. The summed E-state index contributed by atoms with van der Waals surface area (Å²) in [5.41, 5.74) is 5.31. The van der Waals surface area contributed by atoms with Crippen LogP contribution in [0.2, 0.25) is 5.02 Å². The molecule has 1 unspecified atom stereocenters. The van der Waals surface area contributed by atoms with E-state index in [2.05, 4.69) is 48.1 Å². The SMILES string of the molecule is CS(C)(C)C#CC1=Cc2cc(Cl)ccc2C(C2CCN(S(C)(=O)=O)CC2)c2ncccc21. The molecule has 2 aliphatic rings. The zero-order valence-corrected chi connectivity index (χ0v) is 21.3.